The molecule has 2 amide bonds. The van der Waals surface area contributed by atoms with Gasteiger partial charge in [-0.1, -0.05) is 6.92 Å². The Labute approximate surface area is 175 Å². The van der Waals surface area contributed by atoms with E-state index in [1.54, 1.807) is 48.4 Å². The maximum atomic E-state index is 13.4. The van der Waals surface area contributed by atoms with Gasteiger partial charge < -0.3 is 19.6 Å². The molecule has 0 bridgehead atoms. The molecule has 1 aliphatic rings. The van der Waals surface area contributed by atoms with Crippen LogP contribution in [0.15, 0.2) is 31.0 Å². The molecule has 9 heteroatoms. The van der Waals surface area contributed by atoms with Crippen LogP contribution in [0.25, 0.3) is 11.1 Å². The van der Waals surface area contributed by atoms with Crippen LogP contribution in [0, 0.1) is 5.92 Å². The quantitative estimate of drug-likeness (QED) is 0.785. The fraction of sp³-hybridized carbons (Fsp3) is 0.476. The number of aromatic nitrogens is 3. The van der Waals surface area contributed by atoms with E-state index in [1.807, 2.05) is 6.92 Å². The van der Waals surface area contributed by atoms with Crippen molar-refractivity contribution < 1.29 is 19.4 Å². The Kier molecular flexibility index (Phi) is 6.61. The zero-order valence-electron chi connectivity index (χ0n) is 17.6. The number of fused-ring (bicyclic) bond motifs is 1. The lowest BCUT2D eigenvalue weighted by Crippen LogP contribution is -2.50. The van der Waals surface area contributed by atoms with E-state index >= 15 is 0 Å². The summed E-state index contributed by atoms with van der Waals surface area (Å²) in [5.41, 5.74) is 1.72. The lowest BCUT2D eigenvalue weighted by Gasteiger charge is -2.37. The van der Waals surface area contributed by atoms with E-state index in [4.69, 9.17) is 4.74 Å². The van der Waals surface area contributed by atoms with Gasteiger partial charge in [0.15, 0.2) is 0 Å². The van der Waals surface area contributed by atoms with Gasteiger partial charge in [0.1, 0.15) is 18.0 Å². The molecule has 0 saturated heterocycles. The largest absolute Gasteiger partial charge is 0.472 e. The predicted octanol–water partition coefficient (Wildman–Crippen LogP) is 1.24. The average Bonchev–Trinajstić information content (AvgIpc) is 2.75. The van der Waals surface area contributed by atoms with Gasteiger partial charge >= 0.3 is 0 Å². The predicted molar refractivity (Wildman–Crippen MR) is 110 cm³/mol. The van der Waals surface area contributed by atoms with Crippen molar-refractivity contribution in [2.75, 3.05) is 26.7 Å². The Morgan fingerprint density at radius 3 is 2.67 bits per heavy atom. The number of pyridine rings is 1. The third-order valence-electron chi connectivity index (χ3n) is 5.41. The number of likely N-dealkylation sites (N-methyl/N-ethyl adjacent to an activating group) is 1. The number of aliphatic hydroxyl groups is 1. The second kappa shape index (κ2) is 9.17. The molecule has 3 atom stereocenters. The smallest absolute Gasteiger partial charge is 0.259 e. The molecule has 0 radical (unpaired) electrons. The molecule has 1 N–H and O–H groups in total. The van der Waals surface area contributed by atoms with Crippen LogP contribution >= 0.6 is 0 Å². The highest BCUT2D eigenvalue weighted by Gasteiger charge is 2.34. The molecule has 0 unspecified atom stereocenters. The Bertz CT molecular complexity index is 908. The first-order chi connectivity index (χ1) is 14.3. The topological polar surface area (TPSA) is 109 Å². The summed E-state index contributed by atoms with van der Waals surface area (Å²) in [4.78, 5) is 40.8. The van der Waals surface area contributed by atoms with Crippen LogP contribution in [0.4, 0.5) is 0 Å². The average molecular weight is 413 g/mol. The first-order valence-electron chi connectivity index (χ1n) is 9.87. The van der Waals surface area contributed by atoms with Gasteiger partial charge in [-0.15, -0.1) is 0 Å². The Hall–Kier alpha value is -3.07. The minimum atomic E-state index is -0.374. The molecule has 9 nitrogen and oxygen atoms in total. The summed E-state index contributed by atoms with van der Waals surface area (Å²) in [5.74, 6) is -0.203. The molecule has 2 aromatic heterocycles. The number of aliphatic hydroxyl groups excluding tert-OH is 1. The molecule has 0 fully saturated rings. The van der Waals surface area contributed by atoms with Crippen molar-refractivity contribution in [1.29, 1.82) is 0 Å². The molecule has 1 aliphatic heterocycles. The SMILES string of the molecule is CC(=O)N(C)C[C@H]1Oc2ncc(-c3cncnc3)cc2C(=O)N([C@@H](C)CO)C[C@H]1C. The molecule has 0 aliphatic carbocycles. The lowest BCUT2D eigenvalue weighted by molar-refractivity contribution is -0.129. The van der Waals surface area contributed by atoms with Gasteiger partial charge in [0, 0.05) is 56.2 Å². The van der Waals surface area contributed by atoms with Gasteiger partial charge in [0.05, 0.1) is 19.2 Å². The van der Waals surface area contributed by atoms with Crippen molar-refractivity contribution in [3.05, 3.63) is 36.5 Å². The van der Waals surface area contributed by atoms with Gasteiger partial charge in [-0.25, -0.2) is 15.0 Å². The molecular weight excluding hydrogens is 386 g/mol. The van der Waals surface area contributed by atoms with E-state index in [9.17, 15) is 14.7 Å². The molecule has 0 spiro atoms. The molecule has 3 heterocycles. The van der Waals surface area contributed by atoms with Crippen LogP contribution in [0.3, 0.4) is 0 Å². The highest BCUT2D eigenvalue weighted by molar-refractivity contribution is 5.98. The lowest BCUT2D eigenvalue weighted by atomic mass is 9.99. The number of nitrogens with zero attached hydrogens (tertiary/aromatic N) is 5. The number of ether oxygens (including phenoxy) is 1. The van der Waals surface area contributed by atoms with Crippen molar-refractivity contribution in [3.63, 3.8) is 0 Å². The van der Waals surface area contributed by atoms with Crippen molar-refractivity contribution in [2.24, 2.45) is 5.92 Å². The molecule has 0 saturated carbocycles. The van der Waals surface area contributed by atoms with Crippen molar-refractivity contribution in [3.8, 4) is 17.0 Å². The maximum absolute atomic E-state index is 13.4. The zero-order chi connectivity index (χ0) is 21.8. The minimum absolute atomic E-state index is 0.0721. The maximum Gasteiger partial charge on any atom is 0.259 e. The molecule has 2 aromatic rings. The second-order valence-electron chi connectivity index (χ2n) is 7.73. The van der Waals surface area contributed by atoms with Crippen LogP contribution in [0.2, 0.25) is 0 Å². The van der Waals surface area contributed by atoms with Gasteiger partial charge in [0.25, 0.3) is 5.91 Å². The number of rotatable bonds is 5. The monoisotopic (exact) mass is 413 g/mol. The first-order valence-corrected chi connectivity index (χ1v) is 9.87. The zero-order valence-corrected chi connectivity index (χ0v) is 17.6. The number of hydrogen-bond donors (Lipinski definition) is 1. The van der Waals surface area contributed by atoms with E-state index in [1.165, 1.54) is 13.3 Å². The van der Waals surface area contributed by atoms with Gasteiger partial charge in [0.2, 0.25) is 11.8 Å². The molecule has 0 aromatic carbocycles. The molecule has 30 heavy (non-hydrogen) atoms. The fourth-order valence-electron chi connectivity index (χ4n) is 3.32. The summed E-state index contributed by atoms with van der Waals surface area (Å²) < 4.78 is 6.15. The normalized spacial score (nSPS) is 19.9. The van der Waals surface area contributed by atoms with Crippen LogP contribution in [0.5, 0.6) is 5.88 Å². The van der Waals surface area contributed by atoms with E-state index in [0.717, 1.165) is 5.56 Å². The van der Waals surface area contributed by atoms with Crippen molar-refractivity contribution in [1.82, 2.24) is 24.8 Å². The molecule has 160 valence electrons. The highest BCUT2D eigenvalue weighted by Crippen LogP contribution is 2.30. The molecular formula is C21H27N5O4. The third-order valence-corrected chi connectivity index (χ3v) is 5.41. The summed E-state index contributed by atoms with van der Waals surface area (Å²) in [6.45, 7) is 5.84. The second-order valence-corrected chi connectivity index (χ2v) is 7.73. The van der Waals surface area contributed by atoms with E-state index in [-0.39, 0.29) is 42.4 Å². The summed E-state index contributed by atoms with van der Waals surface area (Å²) >= 11 is 0. The van der Waals surface area contributed by atoms with Crippen LogP contribution in [0.1, 0.15) is 31.1 Å². The van der Waals surface area contributed by atoms with E-state index in [2.05, 4.69) is 15.0 Å². The number of carbonyl (C=O) groups excluding carboxylic acids is 2. The number of carbonyl (C=O) groups is 2. The third kappa shape index (κ3) is 4.56. The number of amides is 2. The van der Waals surface area contributed by atoms with Gasteiger partial charge in [-0.2, -0.15) is 0 Å². The Morgan fingerprint density at radius 1 is 1.33 bits per heavy atom. The van der Waals surface area contributed by atoms with Crippen LogP contribution in [-0.2, 0) is 4.79 Å². The number of hydrogen-bond acceptors (Lipinski definition) is 7. The van der Waals surface area contributed by atoms with E-state index in [0.29, 0.717) is 24.2 Å². The minimum Gasteiger partial charge on any atom is -0.472 e. The standard InChI is InChI=1S/C21H27N5O4/c1-13-9-26(14(2)11-27)21(29)18-5-16(17-6-22-12-23-7-17)8-24-20(18)30-19(13)10-25(4)15(3)28/h5-8,12-14,19,27H,9-11H2,1-4H3/t13-,14+,19-/m1/s1. The van der Waals surface area contributed by atoms with Crippen LogP contribution < -0.4 is 4.74 Å². The Morgan fingerprint density at radius 2 is 2.03 bits per heavy atom. The summed E-state index contributed by atoms with van der Waals surface area (Å²) in [7, 11) is 1.71. The van der Waals surface area contributed by atoms with Crippen molar-refractivity contribution in [2.45, 2.75) is 32.9 Å². The first kappa shape index (κ1) is 21.6. The Balaban J connectivity index is 2.05. The van der Waals surface area contributed by atoms with Crippen LogP contribution in [-0.4, -0.2) is 80.6 Å². The summed E-state index contributed by atoms with van der Waals surface area (Å²) in [5, 5.41) is 9.71. The van der Waals surface area contributed by atoms with Gasteiger partial charge in [-0.3, -0.25) is 9.59 Å². The summed E-state index contributed by atoms with van der Waals surface area (Å²) in [6, 6.07) is 1.34. The highest BCUT2D eigenvalue weighted by atomic mass is 16.5. The van der Waals surface area contributed by atoms with Crippen molar-refractivity contribution >= 4 is 11.8 Å². The van der Waals surface area contributed by atoms with Gasteiger partial charge in [-0.05, 0) is 13.0 Å². The summed E-state index contributed by atoms with van der Waals surface area (Å²) in [6.07, 6.45) is 5.97. The fourth-order valence-corrected chi connectivity index (χ4v) is 3.32. The van der Waals surface area contributed by atoms with E-state index < -0.39 is 0 Å². The molecule has 3 rings (SSSR count).